The molecule has 0 bridgehead atoms. The molecule has 31 heavy (non-hydrogen) atoms. The predicted octanol–water partition coefficient (Wildman–Crippen LogP) is 3.00. The third kappa shape index (κ3) is 5.70. The fourth-order valence-corrected chi connectivity index (χ4v) is 3.72. The van der Waals surface area contributed by atoms with Gasteiger partial charge in [-0.3, -0.25) is 14.4 Å². The second-order valence-electron chi connectivity index (χ2n) is 7.64. The fraction of sp³-hybridized carbons (Fsp3) is 0.375. The van der Waals surface area contributed by atoms with E-state index in [1.165, 1.54) is 0 Å². The van der Waals surface area contributed by atoms with Crippen molar-refractivity contribution in [2.24, 2.45) is 0 Å². The number of rotatable bonds is 8. The summed E-state index contributed by atoms with van der Waals surface area (Å²) in [5, 5.41) is 5.74. The number of methoxy groups -OCH3 is 1. The van der Waals surface area contributed by atoms with Gasteiger partial charge in [-0.2, -0.15) is 0 Å². The molecule has 7 heteroatoms. The molecule has 0 radical (unpaired) electrons. The lowest BCUT2D eigenvalue weighted by Gasteiger charge is -2.24. The fourth-order valence-electron chi connectivity index (χ4n) is 3.72. The number of benzene rings is 2. The van der Waals surface area contributed by atoms with E-state index in [1.807, 2.05) is 25.1 Å². The van der Waals surface area contributed by atoms with Crippen LogP contribution in [0.5, 0.6) is 0 Å². The minimum absolute atomic E-state index is 0.121. The number of amides is 3. The van der Waals surface area contributed by atoms with Gasteiger partial charge in [-0.1, -0.05) is 18.2 Å². The number of hydrogen-bond acceptors (Lipinski definition) is 4. The molecular weight excluding hydrogens is 394 g/mol. The summed E-state index contributed by atoms with van der Waals surface area (Å²) in [6, 6.07) is 13.7. The molecule has 1 fully saturated rings. The Morgan fingerprint density at radius 2 is 1.84 bits per heavy atom. The Morgan fingerprint density at radius 3 is 2.55 bits per heavy atom. The quantitative estimate of drug-likeness (QED) is 0.639. The van der Waals surface area contributed by atoms with Crippen LogP contribution in [0.25, 0.3) is 0 Å². The van der Waals surface area contributed by atoms with Crippen molar-refractivity contribution in [1.29, 1.82) is 0 Å². The number of likely N-dealkylation sites (tertiary alicyclic amines) is 1. The summed E-state index contributed by atoms with van der Waals surface area (Å²) in [6.45, 7) is 3.55. The van der Waals surface area contributed by atoms with Crippen LogP contribution in [0.1, 0.15) is 45.5 Å². The van der Waals surface area contributed by atoms with Gasteiger partial charge in [0.2, 0.25) is 5.91 Å². The second-order valence-corrected chi connectivity index (χ2v) is 7.64. The molecule has 2 aromatic rings. The van der Waals surface area contributed by atoms with Gasteiger partial charge in [0.15, 0.2) is 0 Å². The summed E-state index contributed by atoms with van der Waals surface area (Å²) in [4.78, 5) is 39.6. The van der Waals surface area contributed by atoms with Crippen LogP contribution in [0.15, 0.2) is 48.5 Å². The average Bonchev–Trinajstić information content (AvgIpc) is 3.27. The first-order chi connectivity index (χ1) is 15.0. The highest BCUT2D eigenvalue weighted by Gasteiger charge is 2.34. The van der Waals surface area contributed by atoms with Crippen molar-refractivity contribution in [2.75, 3.05) is 32.1 Å². The van der Waals surface area contributed by atoms with Crippen molar-refractivity contribution < 1.29 is 19.1 Å². The topological polar surface area (TPSA) is 87.7 Å². The molecule has 2 aromatic carbocycles. The summed E-state index contributed by atoms with van der Waals surface area (Å²) in [5.41, 5.74) is 2.61. The normalized spacial score (nSPS) is 15.5. The molecule has 0 spiro atoms. The van der Waals surface area contributed by atoms with E-state index in [0.717, 1.165) is 18.4 Å². The van der Waals surface area contributed by atoms with Crippen molar-refractivity contribution in [1.82, 2.24) is 10.2 Å². The van der Waals surface area contributed by atoms with E-state index in [-0.39, 0.29) is 17.7 Å². The Kier molecular flexibility index (Phi) is 7.78. The molecule has 1 heterocycles. The number of ether oxygens (including phenoxy) is 1. The van der Waals surface area contributed by atoms with Crippen LogP contribution in [0.3, 0.4) is 0 Å². The van der Waals surface area contributed by atoms with E-state index in [9.17, 15) is 14.4 Å². The minimum atomic E-state index is -0.449. The molecule has 1 unspecified atom stereocenters. The van der Waals surface area contributed by atoms with E-state index in [1.54, 1.807) is 42.3 Å². The zero-order chi connectivity index (χ0) is 22.2. The SMILES string of the molecule is COCCCNC(=O)C1CCCN1C(=O)c1ccc(NC(=O)c2ccccc2C)cc1. The summed E-state index contributed by atoms with van der Waals surface area (Å²) in [6.07, 6.45) is 2.19. The summed E-state index contributed by atoms with van der Waals surface area (Å²) in [5.74, 6) is -0.489. The van der Waals surface area contributed by atoms with E-state index in [4.69, 9.17) is 4.74 Å². The molecule has 1 saturated heterocycles. The maximum absolute atomic E-state index is 13.0. The van der Waals surface area contributed by atoms with Gasteiger partial charge >= 0.3 is 0 Å². The zero-order valence-corrected chi connectivity index (χ0v) is 18.0. The van der Waals surface area contributed by atoms with Gasteiger partial charge in [-0.25, -0.2) is 0 Å². The van der Waals surface area contributed by atoms with Crippen molar-refractivity contribution in [3.63, 3.8) is 0 Å². The largest absolute Gasteiger partial charge is 0.385 e. The highest BCUT2D eigenvalue weighted by Crippen LogP contribution is 2.21. The van der Waals surface area contributed by atoms with Gasteiger partial charge in [0.1, 0.15) is 6.04 Å². The number of anilines is 1. The van der Waals surface area contributed by atoms with E-state index in [2.05, 4.69) is 10.6 Å². The van der Waals surface area contributed by atoms with Crippen molar-refractivity contribution in [2.45, 2.75) is 32.2 Å². The molecule has 3 amide bonds. The Hall–Kier alpha value is -3.19. The number of hydrogen-bond donors (Lipinski definition) is 2. The summed E-state index contributed by atoms with van der Waals surface area (Å²) in [7, 11) is 1.62. The Balaban J connectivity index is 1.61. The van der Waals surface area contributed by atoms with Crippen LogP contribution in [-0.4, -0.2) is 55.5 Å². The lowest BCUT2D eigenvalue weighted by Crippen LogP contribution is -2.46. The number of nitrogens with zero attached hydrogens (tertiary/aromatic N) is 1. The third-order valence-electron chi connectivity index (χ3n) is 5.42. The molecule has 2 N–H and O–H groups in total. The molecule has 3 rings (SSSR count). The molecule has 164 valence electrons. The van der Waals surface area contributed by atoms with Gasteiger partial charge in [0, 0.05) is 43.6 Å². The Bertz CT molecular complexity index is 927. The molecule has 1 aliphatic rings. The standard InChI is InChI=1S/C24H29N3O4/c1-17-7-3-4-8-20(17)22(28)26-19-12-10-18(11-13-19)24(30)27-15-5-9-21(27)23(29)25-14-6-16-31-2/h3-4,7-8,10-13,21H,5-6,9,14-16H2,1-2H3,(H,25,29)(H,26,28). The lowest BCUT2D eigenvalue weighted by atomic mass is 10.1. The molecule has 1 aliphatic heterocycles. The van der Waals surface area contributed by atoms with Crippen molar-refractivity contribution >= 4 is 23.4 Å². The van der Waals surface area contributed by atoms with E-state index in [0.29, 0.717) is 42.9 Å². The van der Waals surface area contributed by atoms with Crippen LogP contribution >= 0.6 is 0 Å². The van der Waals surface area contributed by atoms with E-state index >= 15 is 0 Å². The second kappa shape index (κ2) is 10.7. The first kappa shape index (κ1) is 22.5. The maximum Gasteiger partial charge on any atom is 0.255 e. The monoisotopic (exact) mass is 423 g/mol. The van der Waals surface area contributed by atoms with E-state index < -0.39 is 6.04 Å². The summed E-state index contributed by atoms with van der Waals surface area (Å²) < 4.78 is 4.99. The smallest absolute Gasteiger partial charge is 0.255 e. The molecule has 1 atom stereocenters. The molecular formula is C24H29N3O4. The number of carbonyl (C=O) groups excluding carboxylic acids is 3. The molecule has 7 nitrogen and oxygen atoms in total. The predicted molar refractivity (Wildman–Crippen MR) is 119 cm³/mol. The maximum atomic E-state index is 13.0. The molecule has 0 saturated carbocycles. The van der Waals surface area contributed by atoms with Crippen LogP contribution in [-0.2, 0) is 9.53 Å². The Morgan fingerprint density at radius 1 is 1.10 bits per heavy atom. The lowest BCUT2D eigenvalue weighted by molar-refractivity contribution is -0.124. The van der Waals surface area contributed by atoms with Crippen LogP contribution in [0, 0.1) is 6.92 Å². The van der Waals surface area contributed by atoms with Crippen LogP contribution < -0.4 is 10.6 Å². The first-order valence-electron chi connectivity index (χ1n) is 10.6. The van der Waals surface area contributed by atoms with Gasteiger partial charge < -0.3 is 20.3 Å². The van der Waals surface area contributed by atoms with Gasteiger partial charge in [-0.15, -0.1) is 0 Å². The summed E-state index contributed by atoms with van der Waals surface area (Å²) >= 11 is 0. The van der Waals surface area contributed by atoms with Gasteiger partial charge in [-0.05, 0) is 62.1 Å². The minimum Gasteiger partial charge on any atom is -0.385 e. The highest BCUT2D eigenvalue weighted by molar-refractivity contribution is 6.05. The number of carbonyl (C=O) groups is 3. The highest BCUT2D eigenvalue weighted by atomic mass is 16.5. The zero-order valence-electron chi connectivity index (χ0n) is 18.0. The van der Waals surface area contributed by atoms with Crippen molar-refractivity contribution in [3.05, 3.63) is 65.2 Å². The molecule has 0 aliphatic carbocycles. The van der Waals surface area contributed by atoms with Gasteiger partial charge in [0.25, 0.3) is 11.8 Å². The molecule has 0 aromatic heterocycles. The van der Waals surface area contributed by atoms with Crippen LogP contribution in [0.2, 0.25) is 0 Å². The third-order valence-corrected chi connectivity index (χ3v) is 5.42. The first-order valence-corrected chi connectivity index (χ1v) is 10.6. The van der Waals surface area contributed by atoms with Crippen molar-refractivity contribution in [3.8, 4) is 0 Å². The average molecular weight is 424 g/mol. The van der Waals surface area contributed by atoms with Crippen LogP contribution in [0.4, 0.5) is 5.69 Å². The van der Waals surface area contributed by atoms with Gasteiger partial charge in [0.05, 0.1) is 0 Å². The number of aryl methyl sites for hydroxylation is 1. The Labute approximate surface area is 182 Å². The number of nitrogens with one attached hydrogen (secondary N) is 2.